The van der Waals surface area contributed by atoms with E-state index in [1.54, 1.807) is 19.1 Å². The van der Waals surface area contributed by atoms with Gasteiger partial charge in [-0.15, -0.1) is 0 Å². The molecular weight excluding hydrogens is 266 g/mol. The molecule has 1 saturated heterocycles. The molecule has 1 fully saturated rings. The molecule has 1 N–H and O–H groups in total. The summed E-state index contributed by atoms with van der Waals surface area (Å²) in [5, 5.41) is 3.86. The maximum absolute atomic E-state index is 12.2. The number of carbonyl (C=O) groups excluding carboxylic acids is 1. The van der Waals surface area contributed by atoms with E-state index in [1.807, 2.05) is 12.1 Å². The summed E-state index contributed by atoms with van der Waals surface area (Å²) in [6.07, 6.45) is 1.52. The molecule has 0 spiro atoms. The Labute approximate surface area is 118 Å². The number of nitrogens with one attached hydrogen (secondary N) is 1. The van der Waals surface area contributed by atoms with Gasteiger partial charge in [0.05, 0.1) is 13.2 Å². The molecule has 1 heterocycles. The molecular formula is C14H18ClNO3. The molecule has 1 aliphatic rings. The first-order chi connectivity index (χ1) is 9.16. The lowest BCUT2D eigenvalue weighted by Gasteiger charge is -2.36. The lowest BCUT2D eigenvalue weighted by Crippen LogP contribution is -2.53. The summed E-state index contributed by atoms with van der Waals surface area (Å²) in [5.41, 5.74) is -0.00933. The van der Waals surface area contributed by atoms with Crippen molar-refractivity contribution in [3.8, 4) is 0 Å². The van der Waals surface area contributed by atoms with Crippen molar-refractivity contribution in [2.45, 2.75) is 25.3 Å². The number of carbonyl (C=O) groups is 1. The molecule has 1 aromatic carbocycles. The van der Waals surface area contributed by atoms with Crippen molar-refractivity contribution >= 4 is 23.3 Å². The van der Waals surface area contributed by atoms with Gasteiger partial charge in [-0.25, -0.2) is 4.79 Å². The highest BCUT2D eigenvalue weighted by atomic mass is 35.5. The van der Waals surface area contributed by atoms with Crippen LogP contribution in [0.15, 0.2) is 24.3 Å². The van der Waals surface area contributed by atoms with Crippen molar-refractivity contribution < 1.29 is 14.3 Å². The second-order valence-corrected chi connectivity index (χ2v) is 5.03. The Morgan fingerprint density at radius 3 is 3.05 bits per heavy atom. The Kier molecular flexibility index (Phi) is 4.66. The van der Waals surface area contributed by atoms with Gasteiger partial charge in [0.2, 0.25) is 0 Å². The third-order valence-electron chi connectivity index (χ3n) is 3.12. The fourth-order valence-corrected chi connectivity index (χ4v) is 2.41. The summed E-state index contributed by atoms with van der Waals surface area (Å²) in [4.78, 5) is 12.2. The predicted molar refractivity (Wildman–Crippen MR) is 74.5 cm³/mol. The fraction of sp³-hybridized carbons (Fsp3) is 0.500. The van der Waals surface area contributed by atoms with Crippen molar-refractivity contribution in [1.82, 2.24) is 0 Å². The number of benzene rings is 1. The van der Waals surface area contributed by atoms with Crippen LogP contribution in [0.2, 0.25) is 5.02 Å². The van der Waals surface area contributed by atoms with Crippen LogP contribution >= 0.6 is 11.6 Å². The molecule has 0 aromatic heterocycles. The number of hydrogen-bond donors (Lipinski definition) is 1. The minimum absolute atomic E-state index is 0.269. The van der Waals surface area contributed by atoms with E-state index >= 15 is 0 Å². The monoisotopic (exact) mass is 283 g/mol. The molecule has 19 heavy (non-hydrogen) atoms. The molecule has 1 aromatic rings. The number of ether oxygens (including phenoxy) is 2. The normalized spacial score (nSPS) is 22.8. The average Bonchev–Trinajstić information content (AvgIpc) is 2.40. The number of rotatable bonds is 4. The zero-order valence-electron chi connectivity index (χ0n) is 10.9. The molecule has 1 atom stereocenters. The summed E-state index contributed by atoms with van der Waals surface area (Å²) < 4.78 is 10.6. The van der Waals surface area contributed by atoms with E-state index in [-0.39, 0.29) is 5.97 Å². The highest BCUT2D eigenvalue weighted by Crippen LogP contribution is 2.27. The van der Waals surface area contributed by atoms with Crippen LogP contribution in [0, 0.1) is 0 Å². The molecule has 0 bridgehead atoms. The standard InChI is InChI=1S/C14H18ClNO3/c1-2-19-13(17)14(7-4-8-18-10-14)16-12-6-3-5-11(15)9-12/h3,5-6,9,16H,2,4,7-8,10H2,1H3. The van der Waals surface area contributed by atoms with Gasteiger partial charge >= 0.3 is 5.97 Å². The zero-order valence-corrected chi connectivity index (χ0v) is 11.7. The Morgan fingerprint density at radius 1 is 1.58 bits per heavy atom. The molecule has 0 aliphatic carbocycles. The van der Waals surface area contributed by atoms with Crippen LogP contribution < -0.4 is 5.32 Å². The molecule has 0 radical (unpaired) electrons. The van der Waals surface area contributed by atoms with Gasteiger partial charge in [-0.3, -0.25) is 0 Å². The molecule has 1 aliphatic heterocycles. The number of esters is 1. The Bertz CT molecular complexity index is 444. The van der Waals surface area contributed by atoms with Crippen molar-refractivity contribution in [3.63, 3.8) is 0 Å². The lowest BCUT2D eigenvalue weighted by molar-refractivity contribution is -0.153. The van der Waals surface area contributed by atoms with E-state index in [0.29, 0.717) is 31.3 Å². The first-order valence-corrected chi connectivity index (χ1v) is 6.83. The quantitative estimate of drug-likeness (QED) is 0.863. The second-order valence-electron chi connectivity index (χ2n) is 4.59. The number of halogens is 1. The van der Waals surface area contributed by atoms with Crippen LogP contribution in [0.3, 0.4) is 0 Å². The Balaban J connectivity index is 2.20. The van der Waals surface area contributed by atoms with E-state index in [1.165, 1.54) is 0 Å². The smallest absolute Gasteiger partial charge is 0.334 e. The molecule has 5 heteroatoms. The minimum atomic E-state index is -0.807. The summed E-state index contributed by atoms with van der Waals surface area (Å²) in [5.74, 6) is -0.269. The average molecular weight is 284 g/mol. The van der Waals surface area contributed by atoms with Gasteiger partial charge in [-0.1, -0.05) is 17.7 Å². The van der Waals surface area contributed by atoms with Crippen LogP contribution in [0.4, 0.5) is 5.69 Å². The third kappa shape index (κ3) is 3.39. The van der Waals surface area contributed by atoms with Crippen molar-refractivity contribution in [2.24, 2.45) is 0 Å². The zero-order chi connectivity index (χ0) is 13.7. The first-order valence-electron chi connectivity index (χ1n) is 6.45. The largest absolute Gasteiger partial charge is 0.464 e. The fourth-order valence-electron chi connectivity index (χ4n) is 2.22. The van der Waals surface area contributed by atoms with E-state index in [9.17, 15) is 4.79 Å². The van der Waals surface area contributed by atoms with Crippen molar-refractivity contribution in [2.75, 3.05) is 25.1 Å². The molecule has 104 valence electrons. The predicted octanol–water partition coefficient (Wildman–Crippen LogP) is 2.86. The molecule has 0 amide bonds. The SMILES string of the molecule is CCOC(=O)C1(Nc2cccc(Cl)c2)CCCOC1. The van der Waals surface area contributed by atoms with Gasteiger partial charge in [-0.05, 0) is 38.0 Å². The maximum atomic E-state index is 12.2. The topological polar surface area (TPSA) is 47.6 Å². The van der Waals surface area contributed by atoms with Gasteiger partial charge < -0.3 is 14.8 Å². The number of hydrogen-bond acceptors (Lipinski definition) is 4. The summed E-state index contributed by atoms with van der Waals surface area (Å²) in [6, 6.07) is 7.30. The summed E-state index contributed by atoms with van der Waals surface area (Å²) in [7, 11) is 0. The van der Waals surface area contributed by atoms with E-state index in [0.717, 1.165) is 12.1 Å². The van der Waals surface area contributed by atoms with Crippen molar-refractivity contribution in [1.29, 1.82) is 0 Å². The molecule has 0 saturated carbocycles. The maximum Gasteiger partial charge on any atom is 0.334 e. The van der Waals surface area contributed by atoms with Crippen LogP contribution in [0.1, 0.15) is 19.8 Å². The highest BCUT2D eigenvalue weighted by Gasteiger charge is 2.42. The van der Waals surface area contributed by atoms with Gasteiger partial charge in [0, 0.05) is 17.3 Å². The molecule has 1 unspecified atom stereocenters. The number of anilines is 1. The third-order valence-corrected chi connectivity index (χ3v) is 3.35. The van der Waals surface area contributed by atoms with Gasteiger partial charge in [-0.2, -0.15) is 0 Å². The summed E-state index contributed by atoms with van der Waals surface area (Å²) in [6.45, 7) is 3.16. The summed E-state index contributed by atoms with van der Waals surface area (Å²) >= 11 is 5.96. The van der Waals surface area contributed by atoms with Gasteiger partial charge in [0.15, 0.2) is 5.54 Å². The highest BCUT2D eigenvalue weighted by molar-refractivity contribution is 6.30. The Hall–Kier alpha value is -1.26. The van der Waals surface area contributed by atoms with E-state index in [2.05, 4.69) is 5.32 Å². The molecule has 4 nitrogen and oxygen atoms in total. The van der Waals surface area contributed by atoms with E-state index < -0.39 is 5.54 Å². The second kappa shape index (κ2) is 6.26. The lowest BCUT2D eigenvalue weighted by atomic mass is 9.92. The van der Waals surface area contributed by atoms with Crippen molar-refractivity contribution in [3.05, 3.63) is 29.3 Å². The van der Waals surface area contributed by atoms with E-state index in [4.69, 9.17) is 21.1 Å². The van der Waals surface area contributed by atoms with Gasteiger partial charge in [0.1, 0.15) is 0 Å². The Morgan fingerprint density at radius 2 is 2.42 bits per heavy atom. The first kappa shape index (κ1) is 14.2. The minimum Gasteiger partial charge on any atom is -0.464 e. The van der Waals surface area contributed by atoms with Crippen LogP contribution in [-0.4, -0.2) is 31.3 Å². The molecule has 2 rings (SSSR count). The van der Waals surface area contributed by atoms with Crippen LogP contribution in [0.25, 0.3) is 0 Å². The van der Waals surface area contributed by atoms with Crippen LogP contribution in [-0.2, 0) is 14.3 Å². The van der Waals surface area contributed by atoms with Crippen LogP contribution in [0.5, 0.6) is 0 Å². The van der Waals surface area contributed by atoms with Gasteiger partial charge in [0.25, 0.3) is 0 Å².